The lowest BCUT2D eigenvalue weighted by atomic mass is 10.1. The van der Waals surface area contributed by atoms with Crippen LogP contribution in [0.2, 0.25) is 0 Å². The number of nitrogens with zero attached hydrogens (tertiary/aromatic N) is 1. The van der Waals surface area contributed by atoms with Crippen molar-refractivity contribution in [3.8, 4) is 0 Å². The van der Waals surface area contributed by atoms with Crippen LogP contribution >= 0.6 is 12.2 Å². The molecule has 1 aromatic carbocycles. The van der Waals surface area contributed by atoms with Gasteiger partial charge in [-0.2, -0.15) is 0 Å². The summed E-state index contributed by atoms with van der Waals surface area (Å²) in [5.41, 5.74) is 1.61. The van der Waals surface area contributed by atoms with Crippen molar-refractivity contribution in [1.29, 1.82) is 0 Å². The van der Waals surface area contributed by atoms with Crippen LogP contribution in [0.3, 0.4) is 0 Å². The van der Waals surface area contributed by atoms with E-state index in [-0.39, 0.29) is 10.7 Å². The van der Waals surface area contributed by atoms with Gasteiger partial charge in [0.25, 0.3) is 11.8 Å². The molecule has 2 amide bonds. The van der Waals surface area contributed by atoms with Crippen molar-refractivity contribution < 1.29 is 14.0 Å². The van der Waals surface area contributed by atoms with E-state index in [1.807, 2.05) is 25.1 Å². The molecule has 0 bridgehead atoms. The van der Waals surface area contributed by atoms with Crippen LogP contribution in [0.1, 0.15) is 11.3 Å². The van der Waals surface area contributed by atoms with E-state index < -0.39 is 11.8 Å². The van der Waals surface area contributed by atoms with E-state index in [1.54, 1.807) is 36.6 Å². The number of hydrogen-bond acceptors (Lipinski definition) is 4. The van der Waals surface area contributed by atoms with E-state index in [1.165, 1.54) is 11.0 Å². The van der Waals surface area contributed by atoms with Crippen molar-refractivity contribution in [2.24, 2.45) is 0 Å². The Morgan fingerprint density at radius 2 is 2.04 bits per heavy atom. The van der Waals surface area contributed by atoms with Crippen molar-refractivity contribution >= 4 is 40.9 Å². The van der Waals surface area contributed by atoms with Gasteiger partial charge in [-0.05, 0) is 61.1 Å². The van der Waals surface area contributed by atoms with Crippen molar-refractivity contribution in [3.63, 3.8) is 0 Å². The Morgan fingerprint density at radius 1 is 1.21 bits per heavy atom. The number of furan rings is 1. The van der Waals surface area contributed by atoms with Crippen LogP contribution in [-0.4, -0.2) is 16.9 Å². The number of allylic oxidation sites excluding steroid dienone is 2. The van der Waals surface area contributed by atoms with E-state index in [9.17, 15) is 9.59 Å². The summed E-state index contributed by atoms with van der Waals surface area (Å²) >= 11 is 5.15. The van der Waals surface area contributed by atoms with Crippen LogP contribution in [-0.2, 0) is 9.59 Å². The minimum Gasteiger partial charge on any atom is -0.465 e. The summed E-state index contributed by atoms with van der Waals surface area (Å²) in [4.78, 5) is 26.1. The molecular weight excluding hydrogens is 324 g/mol. The standard InChI is InChI=1S/C18H14N2O3S/c1-12-5-2-6-13(11-12)20-17(22)15(16(21)19-18(20)24)9-3-7-14-8-4-10-23-14/h2-11H,1H3,(H,19,21,24)/b7-3+,15-9+. The molecule has 2 heterocycles. The first kappa shape index (κ1) is 15.9. The highest BCUT2D eigenvalue weighted by Gasteiger charge is 2.34. The maximum atomic E-state index is 12.7. The molecule has 1 fully saturated rings. The van der Waals surface area contributed by atoms with Crippen LogP contribution in [0.4, 0.5) is 5.69 Å². The summed E-state index contributed by atoms with van der Waals surface area (Å²) in [7, 11) is 0. The first-order chi connectivity index (χ1) is 11.6. The quantitative estimate of drug-likeness (QED) is 0.531. The van der Waals surface area contributed by atoms with Crippen LogP contribution in [0, 0.1) is 6.92 Å². The van der Waals surface area contributed by atoms with Gasteiger partial charge in [-0.25, -0.2) is 0 Å². The zero-order valence-electron chi connectivity index (χ0n) is 12.9. The number of thiocarbonyl (C=S) groups is 1. The van der Waals surface area contributed by atoms with Gasteiger partial charge in [0, 0.05) is 0 Å². The zero-order valence-corrected chi connectivity index (χ0v) is 13.7. The molecule has 2 aromatic rings. The molecule has 1 aromatic heterocycles. The highest BCUT2D eigenvalue weighted by atomic mass is 32.1. The Balaban J connectivity index is 1.91. The summed E-state index contributed by atoms with van der Waals surface area (Å²) in [5.74, 6) is -0.349. The molecule has 0 atom stereocenters. The van der Waals surface area contributed by atoms with Crippen molar-refractivity contribution in [2.75, 3.05) is 4.90 Å². The van der Waals surface area contributed by atoms with E-state index in [2.05, 4.69) is 5.32 Å². The van der Waals surface area contributed by atoms with Gasteiger partial charge in [-0.1, -0.05) is 18.2 Å². The zero-order chi connectivity index (χ0) is 17.1. The third kappa shape index (κ3) is 3.18. The molecule has 1 aliphatic rings. The summed E-state index contributed by atoms with van der Waals surface area (Å²) in [6.07, 6.45) is 6.25. The number of carbonyl (C=O) groups excluding carboxylic acids is 2. The molecule has 6 heteroatoms. The molecule has 24 heavy (non-hydrogen) atoms. The van der Waals surface area contributed by atoms with Gasteiger partial charge in [0.15, 0.2) is 5.11 Å². The largest absolute Gasteiger partial charge is 0.465 e. The fraction of sp³-hybridized carbons (Fsp3) is 0.0556. The Labute approximate surface area is 144 Å². The molecule has 5 nitrogen and oxygen atoms in total. The Morgan fingerprint density at radius 3 is 2.75 bits per heavy atom. The number of hydrogen-bond donors (Lipinski definition) is 1. The lowest BCUT2D eigenvalue weighted by molar-refractivity contribution is -0.122. The number of aryl methyl sites for hydroxylation is 1. The fourth-order valence-electron chi connectivity index (χ4n) is 2.30. The normalized spacial score (nSPS) is 17.0. The van der Waals surface area contributed by atoms with Crippen LogP contribution < -0.4 is 10.2 Å². The lowest BCUT2D eigenvalue weighted by Crippen LogP contribution is -2.54. The highest BCUT2D eigenvalue weighted by molar-refractivity contribution is 7.80. The fourth-order valence-corrected chi connectivity index (χ4v) is 2.58. The second-order valence-electron chi connectivity index (χ2n) is 5.19. The van der Waals surface area contributed by atoms with Crippen molar-refractivity contribution in [2.45, 2.75) is 6.92 Å². The third-order valence-corrected chi connectivity index (χ3v) is 3.71. The minimum absolute atomic E-state index is 0.00733. The maximum absolute atomic E-state index is 12.7. The molecule has 120 valence electrons. The molecular formula is C18H14N2O3S. The maximum Gasteiger partial charge on any atom is 0.270 e. The highest BCUT2D eigenvalue weighted by Crippen LogP contribution is 2.21. The van der Waals surface area contributed by atoms with Gasteiger partial charge in [-0.3, -0.25) is 19.8 Å². The number of amides is 2. The number of anilines is 1. The Kier molecular flexibility index (Phi) is 4.39. The third-order valence-electron chi connectivity index (χ3n) is 3.43. The van der Waals surface area contributed by atoms with E-state index in [0.29, 0.717) is 11.4 Å². The number of nitrogens with one attached hydrogen (secondary N) is 1. The monoisotopic (exact) mass is 338 g/mol. The molecule has 0 radical (unpaired) electrons. The van der Waals surface area contributed by atoms with Gasteiger partial charge in [0.2, 0.25) is 0 Å². The van der Waals surface area contributed by atoms with Crippen LogP contribution in [0.5, 0.6) is 0 Å². The molecule has 0 aliphatic carbocycles. The topological polar surface area (TPSA) is 62.6 Å². The predicted octanol–water partition coefficient (Wildman–Crippen LogP) is 2.98. The molecule has 0 saturated carbocycles. The Bertz CT molecular complexity index is 866. The smallest absolute Gasteiger partial charge is 0.270 e. The second kappa shape index (κ2) is 6.64. The molecule has 1 N–H and O–H groups in total. The summed E-state index contributed by atoms with van der Waals surface area (Å²) in [6, 6.07) is 10.9. The molecule has 0 unspecified atom stereocenters. The number of carbonyl (C=O) groups is 2. The van der Waals surface area contributed by atoms with Gasteiger partial charge in [-0.15, -0.1) is 0 Å². The lowest BCUT2D eigenvalue weighted by Gasteiger charge is -2.28. The first-order valence-corrected chi connectivity index (χ1v) is 7.65. The number of rotatable bonds is 3. The molecule has 0 spiro atoms. The molecule has 3 rings (SSSR count). The van der Waals surface area contributed by atoms with Crippen LogP contribution in [0.25, 0.3) is 6.08 Å². The predicted molar refractivity (Wildman–Crippen MR) is 95.2 cm³/mol. The van der Waals surface area contributed by atoms with Gasteiger partial charge in [0.1, 0.15) is 11.3 Å². The Hall–Kier alpha value is -2.99. The van der Waals surface area contributed by atoms with E-state index in [0.717, 1.165) is 5.56 Å². The summed E-state index contributed by atoms with van der Waals surface area (Å²) < 4.78 is 5.16. The molecule has 1 aliphatic heterocycles. The summed E-state index contributed by atoms with van der Waals surface area (Å²) in [6.45, 7) is 1.92. The average molecular weight is 338 g/mol. The van der Waals surface area contributed by atoms with Crippen molar-refractivity contribution in [3.05, 3.63) is 71.7 Å². The van der Waals surface area contributed by atoms with Crippen molar-refractivity contribution in [1.82, 2.24) is 5.32 Å². The van der Waals surface area contributed by atoms with E-state index in [4.69, 9.17) is 16.6 Å². The van der Waals surface area contributed by atoms with Gasteiger partial charge >= 0.3 is 0 Å². The second-order valence-corrected chi connectivity index (χ2v) is 5.58. The van der Waals surface area contributed by atoms with E-state index >= 15 is 0 Å². The van der Waals surface area contributed by atoms with Crippen LogP contribution in [0.15, 0.2) is 64.8 Å². The SMILES string of the molecule is Cc1cccc(N2C(=O)/C(=C/C=C/c3ccco3)C(=O)NC2=S)c1. The molecule has 1 saturated heterocycles. The first-order valence-electron chi connectivity index (χ1n) is 7.24. The summed E-state index contributed by atoms with van der Waals surface area (Å²) in [5, 5.41) is 2.62. The van der Waals surface area contributed by atoms with Gasteiger partial charge < -0.3 is 4.42 Å². The van der Waals surface area contributed by atoms with Gasteiger partial charge in [0.05, 0.1) is 12.0 Å². The number of benzene rings is 1. The minimum atomic E-state index is -0.516. The average Bonchev–Trinajstić information content (AvgIpc) is 3.03.